The number of hydrogen-bond acceptors (Lipinski definition) is 3. The summed E-state index contributed by atoms with van der Waals surface area (Å²) in [6.07, 6.45) is 3.17. The van der Waals surface area contributed by atoms with Crippen molar-refractivity contribution in [2.75, 3.05) is 13.1 Å². The maximum absolute atomic E-state index is 13.1. The highest BCUT2D eigenvalue weighted by Gasteiger charge is 2.35. The Labute approximate surface area is 174 Å². The van der Waals surface area contributed by atoms with E-state index in [1.54, 1.807) is 17.0 Å². The molecule has 0 spiro atoms. The quantitative estimate of drug-likeness (QED) is 0.598. The second-order valence-corrected chi connectivity index (χ2v) is 8.06. The first-order valence-corrected chi connectivity index (χ1v) is 10.4. The van der Waals surface area contributed by atoms with E-state index in [4.69, 9.17) is 0 Å². The number of rotatable bonds is 6. The van der Waals surface area contributed by atoms with Crippen molar-refractivity contribution in [1.29, 1.82) is 5.26 Å². The Morgan fingerprint density at radius 3 is 2.39 bits per heavy atom. The number of likely N-dealkylation sites (tertiary alicyclic amines) is 1. The molecule has 3 rings (SSSR count). The highest BCUT2D eigenvalue weighted by molar-refractivity contribution is 9.10. The lowest BCUT2D eigenvalue weighted by Gasteiger charge is -2.31. The normalized spacial score (nSPS) is 16.1. The van der Waals surface area contributed by atoms with Crippen LogP contribution in [-0.2, 0) is 4.79 Å². The van der Waals surface area contributed by atoms with Gasteiger partial charge in [0.15, 0.2) is 5.78 Å². The first kappa shape index (κ1) is 20.3. The summed E-state index contributed by atoms with van der Waals surface area (Å²) in [5.41, 5.74) is 1.43. The second kappa shape index (κ2) is 9.66. The fourth-order valence-electron chi connectivity index (χ4n) is 3.74. The topological polar surface area (TPSA) is 61.2 Å². The highest BCUT2D eigenvalue weighted by Crippen LogP contribution is 2.33. The number of nitriles is 1. The molecule has 0 N–H and O–H groups in total. The predicted molar refractivity (Wildman–Crippen MR) is 112 cm³/mol. The van der Waals surface area contributed by atoms with Gasteiger partial charge in [-0.3, -0.25) is 9.59 Å². The van der Waals surface area contributed by atoms with Gasteiger partial charge in [-0.05, 0) is 37.0 Å². The van der Waals surface area contributed by atoms with Crippen molar-refractivity contribution in [3.05, 3.63) is 70.2 Å². The summed E-state index contributed by atoms with van der Waals surface area (Å²) in [7, 11) is 0. The summed E-state index contributed by atoms with van der Waals surface area (Å²) >= 11 is 3.46. The number of piperidine rings is 1. The maximum atomic E-state index is 13.1. The minimum Gasteiger partial charge on any atom is -0.342 e. The van der Waals surface area contributed by atoms with Crippen LogP contribution in [0.1, 0.15) is 47.5 Å². The van der Waals surface area contributed by atoms with Crippen LogP contribution >= 0.6 is 15.9 Å². The van der Waals surface area contributed by atoms with Gasteiger partial charge in [-0.15, -0.1) is 0 Å². The number of carbonyl (C=O) groups is 2. The molecule has 1 saturated heterocycles. The van der Waals surface area contributed by atoms with Gasteiger partial charge in [-0.2, -0.15) is 5.26 Å². The van der Waals surface area contributed by atoms with Crippen LogP contribution in [0, 0.1) is 17.2 Å². The average molecular weight is 439 g/mol. The van der Waals surface area contributed by atoms with Crippen molar-refractivity contribution in [3.63, 3.8) is 0 Å². The van der Waals surface area contributed by atoms with Crippen LogP contribution in [0.4, 0.5) is 0 Å². The first-order valence-electron chi connectivity index (χ1n) is 9.62. The molecule has 4 nitrogen and oxygen atoms in total. The second-order valence-electron chi connectivity index (χ2n) is 7.15. The molecule has 2 atom stereocenters. The van der Waals surface area contributed by atoms with Crippen molar-refractivity contribution < 1.29 is 9.59 Å². The van der Waals surface area contributed by atoms with Crippen LogP contribution in [0.15, 0.2) is 59.1 Å². The Bertz CT molecular complexity index is 870. The monoisotopic (exact) mass is 438 g/mol. The van der Waals surface area contributed by atoms with E-state index >= 15 is 0 Å². The van der Waals surface area contributed by atoms with Crippen molar-refractivity contribution in [3.8, 4) is 6.07 Å². The van der Waals surface area contributed by atoms with Gasteiger partial charge >= 0.3 is 0 Å². The van der Waals surface area contributed by atoms with Gasteiger partial charge in [0.2, 0.25) is 5.91 Å². The average Bonchev–Trinajstić information content (AvgIpc) is 2.74. The van der Waals surface area contributed by atoms with Crippen LogP contribution in [0.3, 0.4) is 0 Å². The summed E-state index contributed by atoms with van der Waals surface area (Å²) in [6.45, 7) is 1.38. The van der Waals surface area contributed by atoms with Gasteiger partial charge in [-0.25, -0.2) is 0 Å². The van der Waals surface area contributed by atoms with E-state index in [9.17, 15) is 14.9 Å². The molecule has 0 unspecified atom stereocenters. The van der Waals surface area contributed by atoms with Crippen molar-refractivity contribution in [2.24, 2.45) is 5.92 Å². The van der Waals surface area contributed by atoms with Crippen molar-refractivity contribution in [1.82, 2.24) is 4.90 Å². The van der Waals surface area contributed by atoms with Gasteiger partial charge in [-0.1, -0.05) is 58.4 Å². The molecule has 0 bridgehead atoms. The molecular weight excluding hydrogens is 416 g/mol. The Morgan fingerprint density at radius 1 is 1.04 bits per heavy atom. The molecule has 5 heteroatoms. The number of Topliss-reactive ketones (excluding diaryl/α,β-unsaturated/α-hetero) is 1. The Hall–Kier alpha value is -2.45. The lowest BCUT2D eigenvalue weighted by atomic mass is 9.81. The molecule has 1 heterocycles. The first-order chi connectivity index (χ1) is 13.6. The van der Waals surface area contributed by atoms with Crippen LogP contribution in [0.5, 0.6) is 0 Å². The van der Waals surface area contributed by atoms with E-state index in [0.29, 0.717) is 18.7 Å². The van der Waals surface area contributed by atoms with E-state index in [2.05, 4.69) is 22.0 Å². The van der Waals surface area contributed by atoms with E-state index in [1.807, 2.05) is 42.5 Å². The number of ketones is 1. The number of halogens is 1. The highest BCUT2D eigenvalue weighted by atomic mass is 79.9. The summed E-state index contributed by atoms with van der Waals surface area (Å²) in [4.78, 5) is 27.8. The molecule has 2 aromatic rings. The van der Waals surface area contributed by atoms with Gasteiger partial charge in [0.05, 0.1) is 6.07 Å². The minimum absolute atomic E-state index is 0.0581. The maximum Gasteiger partial charge on any atom is 0.240 e. The van der Waals surface area contributed by atoms with E-state index in [0.717, 1.165) is 29.3 Å². The molecule has 0 aliphatic carbocycles. The summed E-state index contributed by atoms with van der Waals surface area (Å²) in [5.74, 6) is -1.57. The third kappa shape index (κ3) is 4.88. The Morgan fingerprint density at radius 2 is 1.75 bits per heavy atom. The fourth-order valence-corrected chi connectivity index (χ4v) is 4.15. The van der Waals surface area contributed by atoms with E-state index < -0.39 is 11.8 Å². The molecule has 1 amide bonds. The number of nitrogens with zero attached hydrogens (tertiary/aromatic N) is 2. The zero-order valence-corrected chi connectivity index (χ0v) is 17.3. The third-order valence-electron chi connectivity index (χ3n) is 5.25. The van der Waals surface area contributed by atoms with Crippen molar-refractivity contribution >= 4 is 27.6 Å². The SMILES string of the molecule is N#C[C@H](C(=O)N1CCCCC1)[C@H](CC(=O)c1ccccc1)c1cccc(Br)c1. The van der Waals surface area contributed by atoms with Crippen LogP contribution in [-0.4, -0.2) is 29.7 Å². The fraction of sp³-hybridized carbons (Fsp3) is 0.348. The molecule has 0 saturated carbocycles. The molecule has 144 valence electrons. The summed E-state index contributed by atoms with van der Waals surface area (Å²) < 4.78 is 0.865. The molecule has 1 aliphatic rings. The molecule has 28 heavy (non-hydrogen) atoms. The third-order valence-corrected chi connectivity index (χ3v) is 5.75. The lowest BCUT2D eigenvalue weighted by Crippen LogP contribution is -2.41. The van der Waals surface area contributed by atoms with Gasteiger partial charge in [0.25, 0.3) is 0 Å². The van der Waals surface area contributed by atoms with Crippen LogP contribution in [0.2, 0.25) is 0 Å². The standard InChI is InChI=1S/C23H23BrN2O2/c24-19-11-7-10-18(14-19)20(15-22(27)17-8-3-1-4-9-17)21(16-25)23(28)26-12-5-2-6-13-26/h1,3-4,7-11,14,20-21H,2,5-6,12-13,15H2/t20-,21+/m1/s1. The van der Waals surface area contributed by atoms with E-state index in [-0.39, 0.29) is 18.1 Å². The van der Waals surface area contributed by atoms with E-state index in [1.165, 1.54) is 0 Å². The molecule has 1 fully saturated rings. The molecule has 1 aliphatic heterocycles. The predicted octanol–water partition coefficient (Wildman–Crippen LogP) is 4.96. The smallest absolute Gasteiger partial charge is 0.240 e. The molecule has 0 aromatic heterocycles. The Balaban J connectivity index is 1.91. The largest absolute Gasteiger partial charge is 0.342 e. The zero-order chi connectivity index (χ0) is 19.9. The summed E-state index contributed by atoms with van der Waals surface area (Å²) in [5, 5.41) is 9.89. The lowest BCUT2D eigenvalue weighted by molar-refractivity contribution is -0.135. The zero-order valence-electron chi connectivity index (χ0n) is 15.7. The van der Waals surface area contributed by atoms with Crippen LogP contribution < -0.4 is 0 Å². The Kier molecular flexibility index (Phi) is 7.00. The van der Waals surface area contributed by atoms with Gasteiger partial charge in [0, 0.05) is 35.5 Å². The molecule has 2 aromatic carbocycles. The van der Waals surface area contributed by atoms with Gasteiger partial charge in [0.1, 0.15) is 5.92 Å². The number of benzene rings is 2. The summed E-state index contributed by atoms with van der Waals surface area (Å²) in [6, 6.07) is 18.8. The van der Waals surface area contributed by atoms with Gasteiger partial charge < -0.3 is 4.90 Å². The number of amides is 1. The number of carbonyl (C=O) groups excluding carboxylic acids is 2. The number of hydrogen-bond donors (Lipinski definition) is 0. The minimum atomic E-state index is -0.875. The molecule has 0 radical (unpaired) electrons. The molecular formula is C23H23BrN2O2. The van der Waals surface area contributed by atoms with Crippen molar-refractivity contribution in [2.45, 2.75) is 31.6 Å². The van der Waals surface area contributed by atoms with Crippen LogP contribution in [0.25, 0.3) is 0 Å².